The number of carbonyl (C=O) groups excluding carboxylic acids is 1. The fourth-order valence-electron chi connectivity index (χ4n) is 4.10. The van der Waals surface area contributed by atoms with Crippen molar-refractivity contribution in [1.82, 2.24) is 4.90 Å². The molecule has 5 rings (SSSR count). The molecule has 0 spiro atoms. The molecule has 0 saturated heterocycles. The highest BCUT2D eigenvalue weighted by Crippen LogP contribution is 2.44. The topological polar surface area (TPSA) is 68.2 Å². The van der Waals surface area contributed by atoms with E-state index < -0.39 is 11.9 Å². The maximum Gasteiger partial charge on any atom is 0.290 e. The van der Waals surface area contributed by atoms with Crippen LogP contribution in [0.4, 0.5) is 0 Å². The number of methoxy groups -OCH3 is 1. The van der Waals surface area contributed by atoms with E-state index in [2.05, 4.69) is 0 Å². The van der Waals surface area contributed by atoms with Crippen LogP contribution in [0.25, 0.3) is 5.57 Å². The van der Waals surface area contributed by atoms with Gasteiger partial charge in [0, 0.05) is 12.1 Å². The average Bonchev–Trinajstić information content (AvgIpc) is 3.38. The Kier molecular flexibility index (Phi) is 4.75. The summed E-state index contributed by atoms with van der Waals surface area (Å²) in [5.74, 6) is 1.42. The zero-order chi connectivity index (χ0) is 21.4. The molecule has 1 N–H and O–H groups in total. The van der Waals surface area contributed by atoms with E-state index >= 15 is 0 Å². The first-order chi connectivity index (χ1) is 15.2. The number of carbonyl (C=O) groups is 1. The molecule has 0 fully saturated rings. The van der Waals surface area contributed by atoms with Crippen LogP contribution in [-0.4, -0.2) is 29.8 Å². The molecule has 6 nitrogen and oxygen atoms in total. The van der Waals surface area contributed by atoms with Gasteiger partial charge in [0.1, 0.15) is 5.75 Å². The number of nitrogens with zero attached hydrogens (tertiary/aromatic N) is 1. The van der Waals surface area contributed by atoms with Crippen molar-refractivity contribution < 1.29 is 24.1 Å². The van der Waals surface area contributed by atoms with Crippen LogP contribution in [0.3, 0.4) is 0 Å². The second-order valence-corrected chi connectivity index (χ2v) is 7.42. The van der Waals surface area contributed by atoms with Crippen molar-refractivity contribution in [3.63, 3.8) is 0 Å². The fourth-order valence-corrected chi connectivity index (χ4v) is 4.10. The van der Waals surface area contributed by atoms with Crippen LogP contribution < -0.4 is 14.2 Å². The summed E-state index contributed by atoms with van der Waals surface area (Å²) in [4.78, 5) is 14.9. The summed E-state index contributed by atoms with van der Waals surface area (Å²) < 4.78 is 16.1. The van der Waals surface area contributed by atoms with Gasteiger partial charge in [-0.1, -0.05) is 48.5 Å². The van der Waals surface area contributed by atoms with Crippen molar-refractivity contribution in [3.05, 3.63) is 95.2 Å². The highest BCUT2D eigenvalue weighted by molar-refractivity contribution is 6.05. The maximum atomic E-state index is 13.2. The lowest BCUT2D eigenvalue weighted by atomic mass is 9.93. The van der Waals surface area contributed by atoms with Crippen LogP contribution in [0, 0.1) is 0 Å². The monoisotopic (exact) mass is 415 g/mol. The fraction of sp³-hybridized carbons (Fsp3) is 0.160. The molecule has 1 atom stereocenters. The van der Waals surface area contributed by atoms with E-state index in [1.165, 1.54) is 0 Å². The van der Waals surface area contributed by atoms with E-state index in [0.29, 0.717) is 29.4 Å². The third kappa shape index (κ3) is 3.36. The van der Waals surface area contributed by atoms with Gasteiger partial charge in [0.25, 0.3) is 5.91 Å². The third-order valence-electron chi connectivity index (χ3n) is 5.61. The Balaban J connectivity index is 1.55. The zero-order valence-electron chi connectivity index (χ0n) is 16.9. The van der Waals surface area contributed by atoms with Crippen LogP contribution in [0.5, 0.6) is 17.2 Å². The Morgan fingerprint density at radius 1 is 1.00 bits per heavy atom. The van der Waals surface area contributed by atoms with Gasteiger partial charge >= 0.3 is 0 Å². The number of ether oxygens (including phenoxy) is 3. The Labute approximate surface area is 179 Å². The van der Waals surface area contributed by atoms with E-state index in [4.69, 9.17) is 14.2 Å². The molecular weight excluding hydrogens is 394 g/mol. The molecule has 156 valence electrons. The molecule has 0 aromatic heterocycles. The van der Waals surface area contributed by atoms with Crippen LogP contribution in [0.15, 0.2) is 78.6 Å². The molecule has 2 aliphatic rings. The van der Waals surface area contributed by atoms with Crippen molar-refractivity contribution in [2.24, 2.45) is 0 Å². The number of amides is 1. The van der Waals surface area contributed by atoms with E-state index in [1.807, 2.05) is 72.8 Å². The summed E-state index contributed by atoms with van der Waals surface area (Å²) in [5.41, 5.74) is 3.17. The molecular formula is C25H21NO5. The minimum absolute atomic E-state index is 0.192. The van der Waals surface area contributed by atoms with Gasteiger partial charge < -0.3 is 24.2 Å². The molecule has 0 radical (unpaired) electrons. The average molecular weight is 415 g/mol. The van der Waals surface area contributed by atoms with Crippen molar-refractivity contribution in [2.75, 3.05) is 13.9 Å². The van der Waals surface area contributed by atoms with E-state index in [9.17, 15) is 9.90 Å². The minimum Gasteiger partial charge on any atom is -0.503 e. The summed E-state index contributed by atoms with van der Waals surface area (Å²) in [6.07, 6.45) is 0. The maximum absolute atomic E-state index is 13.2. The quantitative estimate of drug-likeness (QED) is 0.666. The van der Waals surface area contributed by atoms with Crippen LogP contribution in [0.1, 0.15) is 22.7 Å². The summed E-state index contributed by atoms with van der Waals surface area (Å²) in [6, 6.07) is 22.3. The van der Waals surface area contributed by atoms with Gasteiger partial charge in [-0.3, -0.25) is 4.79 Å². The first-order valence-electron chi connectivity index (χ1n) is 9.97. The predicted molar refractivity (Wildman–Crippen MR) is 115 cm³/mol. The Morgan fingerprint density at radius 3 is 2.48 bits per heavy atom. The number of benzene rings is 3. The first kappa shape index (κ1) is 19.1. The standard InChI is InChI=1S/C25H21NO5/c1-29-19-10-8-17(9-11-19)22-23(18-5-3-2-4-6-18)26(25(28)24(22)27)14-16-7-12-20-21(13-16)31-15-30-20/h2-13,23,27H,14-15H2,1H3/t23-/m1/s1. The smallest absolute Gasteiger partial charge is 0.290 e. The Hall–Kier alpha value is -3.93. The SMILES string of the molecule is COc1ccc(C2=C(O)C(=O)N(Cc3ccc4c(c3)OCO4)[C@@H]2c2ccccc2)cc1. The number of aliphatic hydroxyl groups is 1. The predicted octanol–water partition coefficient (Wildman–Crippen LogP) is 4.48. The molecule has 2 aliphatic heterocycles. The number of rotatable bonds is 5. The lowest BCUT2D eigenvalue weighted by Gasteiger charge is -2.27. The number of aliphatic hydroxyl groups excluding tert-OH is 1. The molecule has 0 saturated carbocycles. The molecule has 1 amide bonds. The van der Waals surface area contributed by atoms with Gasteiger partial charge in [-0.05, 0) is 41.0 Å². The zero-order valence-corrected chi connectivity index (χ0v) is 16.9. The highest BCUT2D eigenvalue weighted by Gasteiger charge is 2.41. The van der Waals surface area contributed by atoms with Crippen molar-refractivity contribution >= 4 is 11.5 Å². The second kappa shape index (κ2) is 7.72. The molecule has 0 bridgehead atoms. The van der Waals surface area contributed by atoms with Crippen LogP contribution in [0.2, 0.25) is 0 Å². The summed E-state index contributed by atoms with van der Waals surface area (Å²) in [6.45, 7) is 0.511. The Morgan fingerprint density at radius 2 is 1.74 bits per heavy atom. The number of hydrogen-bond donors (Lipinski definition) is 1. The third-order valence-corrected chi connectivity index (χ3v) is 5.61. The summed E-state index contributed by atoms with van der Waals surface area (Å²) in [7, 11) is 1.60. The normalized spacial score (nSPS) is 17.4. The molecule has 31 heavy (non-hydrogen) atoms. The van der Waals surface area contributed by atoms with Gasteiger partial charge in [0.2, 0.25) is 6.79 Å². The summed E-state index contributed by atoms with van der Waals surface area (Å²) in [5, 5.41) is 10.9. The van der Waals surface area contributed by atoms with E-state index in [1.54, 1.807) is 12.0 Å². The lowest BCUT2D eigenvalue weighted by Crippen LogP contribution is -2.29. The van der Waals surface area contributed by atoms with Crippen molar-refractivity contribution in [1.29, 1.82) is 0 Å². The van der Waals surface area contributed by atoms with Gasteiger partial charge in [-0.2, -0.15) is 0 Å². The molecule has 3 aromatic rings. The van der Waals surface area contributed by atoms with E-state index in [0.717, 1.165) is 16.7 Å². The molecule has 0 unspecified atom stereocenters. The van der Waals surface area contributed by atoms with Crippen LogP contribution in [-0.2, 0) is 11.3 Å². The summed E-state index contributed by atoms with van der Waals surface area (Å²) >= 11 is 0. The second-order valence-electron chi connectivity index (χ2n) is 7.42. The molecule has 3 aromatic carbocycles. The van der Waals surface area contributed by atoms with Gasteiger partial charge in [-0.25, -0.2) is 0 Å². The molecule has 2 heterocycles. The molecule has 6 heteroatoms. The van der Waals surface area contributed by atoms with Crippen LogP contribution >= 0.6 is 0 Å². The van der Waals surface area contributed by atoms with E-state index in [-0.39, 0.29) is 12.6 Å². The minimum atomic E-state index is -0.424. The lowest BCUT2D eigenvalue weighted by molar-refractivity contribution is -0.130. The van der Waals surface area contributed by atoms with Gasteiger partial charge in [0.05, 0.1) is 13.2 Å². The van der Waals surface area contributed by atoms with Crippen molar-refractivity contribution in [3.8, 4) is 17.2 Å². The van der Waals surface area contributed by atoms with Gasteiger partial charge in [0.15, 0.2) is 17.3 Å². The van der Waals surface area contributed by atoms with Crippen molar-refractivity contribution in [2.45, 2.75) is 12.6 Å². The van der Waals surface area contributed by atoms with Gasteiger partial charge in [-0.15, -0.1) is 0 Å². The highest BCUT2D eigenvalue weighted by atomic mass is 16.7. The Bertz CT molecular complexity index is 1150. The number of hydrogen-bond acceptors (Lipinski definition) is 5. The molecule has 0 aliphatic carbocycles. The first-order valence-corrected chi connectivity index (χ1v) is 9.97. The largest absolute Gasteiger partial charge is 0.503 e. The number of fused-ring (bicyclic) bond motifs is 1.